The van der Waals surface area contributed by atoms with Crippen LogP contribution in [0.3, 0.4) is 0 Å². The number of carboxylic acids is 1. The van der Waals surface area contributed by atoms with E-state index in [1.807, 2.05) is 6.92 Å². The minimum atomic E-state index is -1.06. The Morgan fingerprint density at radius 2 is 2.27 bits per heavy atom. The first kappa shape index (κ1) is 11.8. The Labute approximate surface area is 91.9 Å². The number of hydrogen-bond acceptors (Lipinski definition) is 3. The number of thioether (sulfide) groups is 1. The molecule has 0 radical (unpaired) electrons. The summed E-state index contributed by atoms with van der Waals surface area (Å²) in [6, 6.07) is 4.29. The molecule has 0 amide bonds. The van der Waals surface area contributed by atoms with E-state index < -0.39 is 5.97 Å². The van der Waals surface area contributed by atoms with E-state index in [4.69, 9.17) is 5.11 Å². The van der Waals surface area contributed by atoms with Gasteiger partial charge in [0.2, 0.25) is 0 Å². The van der Waals surface area contributed by atoms with Gasteiger partial charge in [0, 0.05) is 18.4 Å². The van der Waals surface area contributed by atoms with Crippen molar-refractivity contribution in [3.8, 4) is 0 Å². The highest BCUT2D eigenvalue weighted by molar-refractivity contribution is 7.99. The molecule has 0 aliphatic rings. The number of carbonyl (C=O) groups is 1. The Bertz CT molecular complexity index is 400. The molecule has 0 bridgehead atoms. The number of carboxylic acid groups (broad SMARTS) is 1. The predicted molar refractivity (Wildman–Crippen MR) is 60.7 cm³/mol. The zero-order valence-corrected chi connectivity index (χ0v) is 9.29. The minimum Gasteiger partial charge on any atom is -0.477 e. The number of nitrogens with zero attached hydrogens (tertiary/aromatic N) is 1. The summed E-state index contributed by atoms with van der Waals surface area (Å²) in [6.07, 6.45) is 0. The first-order valence-electron chi connectivity index (χ1n) is 4.67. The molecule has 0 aliphatic heterocycles. The average Bonchev–Trinajstić information content (AvgIpc) is 2.20. The van der Waals surface area contributed by atoms with Crippen LogP contribution >= 0.6 is 11.8 Å². The molecule has 5 heteroatoms. The molecule has 0 saturated carbocycles. The number of pyridine rings is 1. The van der Waals surface area contributed by atoms with Crippen molar-refractivity contribution in [3.05, 3.63) is 34.2 Å². The van der Waals surface area contributed by atoms with Crippen molar-refractivity contribution >= 4 is 17.7 Å². The van der Waals surface area contributed by atoms with Gasteiger partial charge in [-0.05, 0) is 11.8 Å². The lowest BCUT2D eigenvalue weighted by molar-refractivity contribution is 0.0683. The Balaban J connectivity index is 2.93. The van der Waals surface area contributed by atoms with Crippen LogP contribution in [0.5, 0.6) is 0 Å². The lowest BCUT2D eigenvalue weighted by Crippen LogP contribution is -2.25. The largest absolute Gasteiger partial charge is 0.477 e. The van der Waals surface area contributed by atoms with Crippen LogP contribution in [0.2, 0.25) is 0 Å². The fourth-order valence-corrected chi connectivity index (χ4v) is 1.84. The quantitative estimate of drug-likeness (QED) is 0.770. The Kier molecular flexibility index (Phi) is 4.42. The van der Waals surface area contributed by atoms with Crippen molar-refractivity contribution in [1.82, 2.24) is 4.57 Å². The molecule has 4 nitrogen and oxygen atoms in total. The zero-order chi connectivity index (χ0) is 11.3. The van der Waals surface area contributed by atoms with Gasteiger partial charge in [-0.15, -0.1) is 0 Å². The minimum absolute atomic E-state index is 0.0548. The van der Waals surface area contributed by atoms with Gasteiger partial charge in [0.05, 0.1) is 0 Å². The molecular weight excluding hydrogens is 214 g/mol. The van der Waals surface area contributed by atoms with Gasteiger partial charge in [-0.1, -0.05) is 13.0 Å². The molecule has 1 aromatic rings. The molecule has 1 aromatic heterocycles. The second kappa shape index (κ2) is 5.60. The van der Waals surface area contributed by atoms with E-state index in [9.17, 15) is 9.59 Å². The van der Waals surface area contributed by atoms with E-state index >= 15 is 0 Å². The molecule has 1 rings (SSSR count). The lowest BCUT2D eigenvalue weighted by atomic mass is 10.3. The molecule has 0 spiro atoms. The molecule has 0 fully saturated rings. The van der Waals surface area contributed by atoms with Crippen LogP contribution in [0, 0.1) is 0 Å². The molecular formula is C10H13NO3S. The number of aromatic nitrogens is 1. The third kappa shape index (κ3) is 3.13. The maximum absolute atomic E-state index is 11.4. The normalized spacial score (nSPS) is 10.2. The fraction of sp³-hybridized carbons (Fsp3) is 0.400. The predicted octanol–water partition coefficient (Wildman–Crippen LogP) is 1.30. The third-order valence-corrected chi connectivity index (χ3v) is 2.81. The summed E-state index contributed by atoms with van der Waals surface area (Å²) >= 11 is 1.68. The lowest BCUT2D eigenvalue weighted by Gasteiger charge is -2.08. The van der Waals surface area contributed by atoms with Crippen molar-refractivity contribution < 1.29 is 9.90 Å². The summed E-state index contributed by atoms with van der Waals surface area (Å²) in [5, 5.41) is 8.88. The number of hydrogen-bond donors (Lipinski definition) is 1. The number of rotatable bonds is 5. The van der Waals surface area contributed by atoms with Crippen LogP contribution in [0.15, 0.2) is 23.0 Å². The smallest absolute Gasteiger partial charge is 0.352 e. The van der Waals surface area contributed by atoms with Crippen LogP contribution in [-0.4, -0.2) is 27.1 Å². The van der Waals surface area contributed by atoms with Gasteiger partial charge in [-0.25, -0.2) is 4.79 Å². The van der Waals surface area contributed by atoms with E-state index in [-0.39, 0.29) is 11.3 Å². The molecule has 0 saturated heterocycles. The monoisotopic (exact) mass is 227 g/mol. The van der Waals surface area contributed by atoms with Gasteiger partial charge in [0.25, 0.3) is 5.56 Å². The molecule has 0 aromatic carbocycles. The van der Waals surface area contributed by atoms with Gasteiger partial charge in [-0.2, -0.15) is 11.8 Å². The SMILES string of the molecule is CCSCCn1c(C(=O)O)cccc1=O. The van der Waals surface area contributed by atoms with E-state index in [1.165, 1.54) is 22.8 Å². The molecule has 0 unspecified atom stereocenters. The topological polar surface area (TPSA) is 59.3 Å². The second-order valence-electron chi connectivity index (χ2n) is 2.90. The molecule has 15 heavy (non-hydrogen) atoms. The summed E-state index contributed by atoms with van der Waals surface area (Å²) in [7, 11) is 0. The maximum Gasteiger partial charge on any atom is 0.352 e. The summed E-state index contributed by atoms with van der Waals surface area (Å²) < 4.78 is 1.30. The van der Waals surface area contributed by atoms with Crippen LogP contribution in [0.25, 0.3) is 0 Å². The molecule has 1 N–H and O–H groups in total. The van der Waals surface area contributed by atoms with Crippen LogP contribution < -0.4 is 5.56 Å². The van der Waals surface area contributed by atoms with Gasteiger partial charge < -0.3 is 9.67 Å². The highest BCUT2D eigenvalue weighted by atomic mass is 32.2. The maximum atomic E-state index is 11.4. The van der Waals surface area contributed by atoms with Crippen molar-refractivity contribution in [2.75, 3.05) is 11.5 Å². The second-order valence-corrected chi connectivity index (χ2v) is 4.30. The van der Waals surface area contributed by atoms with Crippen LogP contribution in [0.4, 0.5) is 0 Å². The third-order valence-electron chi connectivity index (χ3n) is 1.93. The Morgan fingerprint density at radius 1 is 1.53 bits per heavy atom. The van der Waals surface area contributed by atoms with Crippen LogP contribution in [0.1, 0.15) is 17.4 Å². The first-order valence-corrected chi connectivity index (χ1v) is 5.83. The summed E-state index contributed by atoms with van der Waals surface area (Å²) in [5.74, 6) is 0.652. The molecule has 1 heterocycles. The van der Waals surface area contributed by atoms with Crippen molar-refractivity contribution in [2.45, 2.75) is 13.5 Å². The highest BCUT2D eigenvalue weighted by Gasteiger charge is 2.09. The molecule has 0 aliphatic carbocycles. The van der Waals surface area contributed by atoms with Gasteiger partial charge in [0.15, 0.2) is 0 Å². The zero-order valence-electron chi connectivity index (χ0n) is 8.47. The average molecular weight is 227 g/mol. The molecule has 0 atom stereocenters. The van der Waals surface area contributed by atoms with E-state index in [2.05, 4.69) is 0 Å². The van der Waals surface area contributed by atoms with E-state index in [0.29, 0.717) is 6.54 Å². The Morgan fingerprint density at radius 3 is 2.87 bits per heavy atom. The fourth-order valence-electron chi connectivity index (χ4n) is 1.24. The Hall–Kier alpha value is -1.23. The first-order chi connectivity index (χ1) is 7.16. The van der Waals surface area contributed by atoms with E-state index in [1.54, 1.807) is 11.8 Å². The summed E-state index contributed by atoms with van der Waals surface area (Å²) in [5.41, 5.74) is -0.203. The van der Waals surface area contributed by atoms with Gasteiger partial charge in [-0.3, -0.25) is 4.79 Å². The van der Waals surface area contributed by atoms with Crippen molar-refractivity contribution in [1.29, 1.82) is 0 Å². The highest BCUT2D eigenvalue weighted by Crippen LogP contribution is 2.02. The van der Waals surface area contributed by atoms with Gasteiger partial charge in [0.1, 0.15) is 5.69 Å². The van der Waals surface area contributed by atoms with Crippen LogP contribution in [-0.2, 0) is 6.54 Å². The summed E-state index contributed by atoms with van der Waals surface area (Å²) in [4.78, 5) is 22.3. The number of aromatic carboxylic acids is 1. The van der Waals surface area contributed by atoms with Crippen molar-refractivity contribution in [3.63, 3.8) is 0 Å². The van der Waals surface area contributed by atoms with Gasteiger partial charge >= 0.3 is 5.97 Å². The summed E-state index contributed by atoms with van der Waals surface area (Å²) in [6.45, 7) is 2.47. The van der Waals surface area contributed by atoms with E-state index in [0.717, 1.165) is 11.5 Å². The van der Waals surface area contributed by atoms with Crippen molar-refractivity contribution in [2.24, 2.45) is 0 Å². The molecule has 82 valence electrons. The standard InChI is InChI=1S/C10H13NO3S/c1-2-15-7-6-11-8(10(13)14)4-3-5-9(11)12/h3-5H,2,6-7H2,1H3,(H,13,14).